The van der Waals surface area contributed by atoms with Gasteiger partial charge in [-0.3, -0.25) is 4.79 Å². The lowest BCUT2D eigenvalue weighted by Crippen LogP contribution is -2.11. The molecule has 0 saturated heterocycles. The predicted octanol–water partition coefficient (Wildman–Crippen LogP) is 4.62. The molecule has 4 heteroatoms. The Bertz CT molecular complexity index is 409. The fourth-order valence-electron chi connectivity index (χ4n) is 1.28. The Balaban J connectivity index is 2.80. The van der Waals surface area contributed by atoms with Gasteiger partial charge in [0.2, 0.25) is 0 Å². The van der Waals surface area contributed by atoms with E-state index in [1.54, 1.807) is 12.1 Å². The largest absolute Gasteiger partial charge is 0.491 e. The SMILES string of the molecule is CC(C)(C)CCOc1c(Cl)cc(Cl)cc1C=O. The number of halogens is 2. The van der Waals surface area contributed by atoms with Crippen molar-refractivity contribution in [3.63, 3.8) is 0 Å². The molecule has 0 spiro atoms. The van der Waals surface area contributed by atoms with E-state index in [4.69, 9.17) is 27.9 Å². The molecule has 0 aromatic heterocycles. The van der Waals surface area contributed by atoms with E-state index in [-0.39, 0.29) is 5.41 Å². The molecule has 0 aliphatic heterocycles. The van der Waals surface area contributed by atoms with Gasteiger partial charge in [-0.2, -0.15) is 0 Å². The Morgan fingerprint density at radius 3 is 2.47 bits per heavy atom. The van der Waals surface area contributed by atoms with Crippen molar-refractivity contribution < 1.29 is 9.53 Å². The lowest BCUT2D eigenvalue weighted by atomic mass is 9.93. The third-order valence-corrected chi connectivity index (χ3v) is 2.76. The molecule has 0 aliphatic rings. The molecule has 0 saturated carbocycles. The summed E-state index contributed by atoms with van der Waals surface area (Å²) in [5.74, 6) is 0.412. The highest BCUT2D eigenvalue weighted by Crippen LogP contribution is 2.32. The summed E-state index contributed by atoms with van der Waals surface area (Å²) in [5.41, 5.74) is 0.566. The molecule has 0 amide bonds. The maximum atomic E-state index is 10.9. The topological polar surface area (TPSA) is 26.3 Å². The van der Waals surface area contributed by atoms with Crippen molar-refractivity contribution in [1.82, 2.24) is 0 Å². The number of hydrogen-bond donors (Lipinski definition) is 0. The van der Waals surface area contributed by atoms with E-state index >= 15 is 0 Å². The Kier molecular flexibility index (Phi) is 4.84. The minimum absolute atomic E-state index is 0.181. The van der Waals surface area contributed by atoms with Crippen molar-refractivity contribution in [3.8, 4) is 5.75 Å². The van der Waals surface area contributed by atoms with Gasteiger partial charge in [0.15, 0.2) is 6.29 Å². The first-order valence-electron chi connectivity index (χ1n) is 5.40. The second-order valence-corrected chi connectivity index (χ2v) is 5.93. The smallest absolute Gasteiger partial charge is 0.153 e. The van der Waals surface area contributed by atoms with E-state index < -0.39 is 0 Å². The molecule has 0 N–H and O–H groups in total. The lowest BCUT2D eigenvalue weighted by Gasteiger charge is -2.19. The van der Waals surface area contributed by atoms with E-state index in [0.717, 1.165) is 6.42 Å². The van der Waals surface area contributed by atoms with Crippen molar-refractivity contribution in [1.29, 1.82) is 0 Å². The van der Waals surface area contributed by atoms with Crippen LogP contribution in [0.4, 0.5) is 0 Å². The van der Waals surface area contributed by atoms with Crippen LogP contribution in [0.2, 0.25) is 10.0 Å². The fraction of sp³-hybridized carbons (Fsp3) is 0.462. The number of aldehydes is 1. The van der Waals surface area contributed by atoms with Gasteiger partial charge in [0, 0.05) is 5.02 Å². The highest BCUT2D eigenvalue weighted by molar-refractivity contribution is 6.36. The van der Waals surface area contributed by atoms with E-state index in [9.17, 15) is 4.79 Å². The third-order valence-electron chi connectivity index (χ3n) is 2.26. The summed E-state index contributed by atoms with van der Waals surface area (Å²) < 4.78 is 5.57. The molecule has 0 heterocycles. The standard InChI is InChI=1S/C13H16Cl2O2/c1-13(2,3)4-5-17-12-9(8-16)6-10(14)7-11(12)15/h6-8H,4-5H2,1-3H3. The molecule has 0 fully saturated rings. The maximum absolute atomic E-state index is 10.9. The maximum Gasteiger partial charge on any atom is 0.153 e. The van der Waals surface area contributed by atoms with Gasteiger partial charge in [-0.05, 0) is 24.0 Å². The lowest BCUT2D eigenvalue weighted by molar-refractivity contribution is 0.111. The molecule has 2 nitrogen and oxygen atoms in total. The Hall–Kier alpha value is -0.730. The van der Waals surface area contributed by atoms with Gasteiger partial charge in [0.1, 0.15) is 5.75 Å². The monoisotopic (exact) mass is 274 g/mol. The molecular weight excluding hydrogens is 259 g/mol. The molecule has 1 aromatic carbocycles. The molecular formula is C13H16Cl2O2. The highest BCUT2D eigenvalue weighted by Gasteiger charge is 2.13. The number of hydrogen-bond acceptors (Lipinski definition) is 2. The number of ether oxygens (including phenoxy) is 1. The molecule has 0 radical (unpaired) electrons. The summed E-state index contributed by atoms with van der Waals surface area (Å²) in [4.78, 5) is 10.9. The molecule has 0 unspecified atom stereocenters. The Morgan fingerprint density at radius 2 is 1.94 bits per heavy atom. The van der Waals surface area contributed by atoms with E-state index in [0.29, 0.717) is 34.3 Å². The first-order chi connectivity index (χ1) is 7.83. The number of rotatable bonds is 4. The second kappa shape index (κ2) is 5.74. The molecule has 0 atom stereocenters. The second-order valence-electron chi connectivity index (χ2n) is 5.08. The average Bonchev–Trinajstić information content (AvgIpc) is 2.18. The minimum Gasteiger partial charge on any atom is -0.491 e. The van der Waals surface area contributed by atoms with Crippen LogP contribution >= 0.6 is 23.2 Å². The van der Waals surface area contributed by atoms with E-state index in [2.05, 4.69) is 20.8 Å². The highest BCUT2D eigenvalue weighted by atomic mass is 35.5. The van der Waals surface area contributed by atoms with Crippen LogP contribution in [0.3, 0.4) is 0 Å². The summed E-state index contributed by atoms with van der Waals surface area (Å²) in [6, 6.07) is 3.12. The minimum atomic E-state index is 0.181. The van der Waals surface area contributed by atoms with E-state index in [1.807, 2.05) is 0 Å². The number of carbonyl (C=O) groups is 1. The van der Waals surface area contributed by atoms with Crippen LogP contribution in [0.1, 0.15) is 37.6 Å². The van der Waals surface area contributed by atoms with Gasteiger partial charge in [-0.25, -0.2) is 0 Å². The zero-order valence-corrected chi connectivity index (χ0v) is 11.7. The predicted molar refractivity (Wildman–Crippen MR) is 71.4 cm³/mol. The summed E-state index contributed by atoms with van der Waals surface area (Å²) in [7, 11) is 0. The van der Waals surface area contributed by atoms with Gasteiger partial charge in [0.05, 0.1) is 17.2 Å². The van der Waals surface area contributed by atoms with E-state index in [1.165, 1.54) is 0 Å². The molecule has 1 rings (SSSR count). The summed E-state index contributed by atoms with van der Waals surface area (Å²) in [5, 5.41) is 0.800. The molecule has 1 aromatic rings. The number of carbonyl (C=O) groups excluding carboxylic acids is 1. The summed E-state index contributed by atoms with van der Waals surface area (Å²) >= 11 is 11.8. The molecule has 94 valence electrons. The molecule has 17 heavy (non-hydrogen) atoms. The van der Waals surface area contributed by atoms with Crippen molar-refractivity contribution in [2.45, 2.75) is 27.2 Å². The Labute approximate surface area is 112 Å². The quantitative estimate of drug-likeness (QED) is 0.749. The summed E-state index contributed by atoms with van der Waals surface area (Å²) in [6.45, 7) is 6.90. The van der Waals surface area contributed by atoms with Crippen molar-refractivity contribution in [2.24, 2.45) is 5.41 Å². The number of benzene rings is 1. The fourth-order valence-corrected chi connectivity index (χ4v) is 1.84. The van der Waals surface area contributed by atoms with Crippen LogP contribution in [0.15, 0.2) is 12.1 Å². The zero-order chi connectivity index (χ0) is 13.1. The van der Waals surface area contributed by atoms with Crippen LogP contribution in [0, 0.1) is 5.41 Å². The van der Waals surface area contributed by atoms with Gasteiger partial charge >= 0.3 is 0 Å². The van der Waals surface area contributed by atoms with Crippen LogP contribution in [0.5, 0.6) is 5.75 Å². The normalized spacial score (nSPS) is 11.4. The Morgan fingerprint density at radius 1 is 1.29 bits per heavy atom. The van der Waals surface area contributed by atoms with Crippen molar-refractivity contribution in [2.75, 3.05) is 6.61 Å². The third kappa shape index (κ3) is 4.57. The van der Waals surface area contributed by atoms with Crippen LogP contribution in [-0.2, 0) is 0 Å². The first-order valence-corrected chi connectivity index (χ1v) is 6.16. The van der Waals surface area contributed by atoms with Crippen molar-refractivity contribution in [3.05, 3.63) is 27.7 Å². The first kappa shape index (κ1) is 14.3. The molecule has 0 bridgehead atoms. The van der Waals surface area contributed by atoms with Crippen LogP contribution in [0.25, 0.3) is 0 Å². The molecule has 0 aliphatic carbocycles. The van der Waals surface area contributed by atoms with Gasteiger partial charge in [-0.15, -0.1) is 0 Å². The van der Waals surface area contributed by atoms with Gasteiger partial charge in [0.25, 0.3) is 0 Å². The average molecular weight is 275 g/mol. The van der Waals surface area contributed by atoms with Crippen LogP contribution < -0.4 is 4.74 Å². The van der Waals surface area contributed by atoms with Crippen molar-refractivity contribution >= 4 is 29.5 Å². The van der Waals surface area contributed by atoms with Gasteiger partial charge in [-0.1, -0.05) is 44.0 Å². The van der Waals surface area contributed by atoms with Gasteiger partial charge < -0.3 is 4.74 Å². The summed E-state index contributed by atoms with van der Waals surface area (Å²) in [6.07, 6.45) is 1.58. The zero-order valence-electron chi connectivity index (χ0n) is 10.2. The van der Waals surface area contributed by atoms with Crippen LogP contribution in [-0.4, -0.2) is 12.9 Å².